The van der Waals surface area contributed by atoms with Gasteiger partial charge in [0, 0.05) is 26.2 Å². The maximum atomic E-state index is 9.99. The van der Waals surface area contributed by atoms with Gasteiger partial charge in [0.2, 0.25) is 0 Å². The molecule has 0 aliphatic rings. The molecule has 0 spiro atoms. The van der Waals surface area contributed by atoms with Gasteiger partial charge in [-0.15, -0.1) is 0 Å². The topological polar surface area (TPSA) is 41.9 Å². The number of hydrogen-bond acceptors (Lipinski definition) is 4. The fraction of sp³-hybridized carbons (Fsp3) is 1.00. The zero-order valence-corrected chi connectivity index (χ0v) is 12.8. The third-order valence-electron chi connectivity index (χ3n) is 2.75. The minimum atomic E-state index is -0.439. The summed E-state index contributed by atoms with van der Waals surface area (Å²) in [4.78, 5) is 2.29. The van der Waals surface area contributed by atoms with E-state index >= 15 is 0 Å². The molecule has 0 rings (SSSR count). The molecular weight excluding hydrogens is 230 g/mol. The molecule has 2 unspecified atom stereocenters. The van der Waals surface area contributed by atoms with Crippen molar-refractivity contribution in [2.75, 3.05) is 33.4 Å². The van der Waals surface area contributed by atoms with Crippen LogP contribution in [0.1, 0.15) is 34.6 Å². The molecular formula is C14H31NO3. The molecule has 0 radical (unpaired) electrons. The molecule has 0 fully saturated rings. The lowest BCUT2D eigenvalue weighted by molar-refractivity contribution is -0.0426. The Morgan fingerprint density at radius 2 is 1.61 bits per heavy atom. The Kier molecular flexibility index (Phi) is 9.64. The monoisotopic (exact) mass is 261 g/mol. The van der Waals surface area contributed by atoms with Crippen LogP contribution in [0.15, 0.2) is 0 Å². The van der Waals surface area contributed by atoms with E-state index in [9.17, 15) is 5.11 Å². The van der Waals surface area contributed by atoms with Gasteiger partial charge in [-0.2, -0.15) is 0 Å². The summed E-state index contributed by atoms with van der Waals surface area (Å²) in [5, 5.41) is 9.99. The molecule has 0 aromatic rings. The first-order valence-electron chi connectivity index (χ1n) is 6.89. The van der Waals surface area contributed by atoms with Crippen molar-refractivity contribution >= 4 is 0 Å². The maximum Gasteiger partial charge on any atom is 0.0900 e. The van der Waals surface area contributed by atoms with Gasteiger partial charge in [0.15, 0.2) is 0 Å². The van der Waals surface area contributed by atoms with Gasteiger partial charge in [-0.05, 0) is 26.7 Å². The number of hydrogen-bond donors (Lipinski definition) is 1. The van der Waals surface area contributed by atoms with E-state index in [-0.39, 0.29) is 6.10 Å². The molecule has 0 aromatic heterocycles. The maximum absolute atomic E-state index is 9.99. The van der Waals surface area contributed by atoms with Crippen LogP contribution in [0, 0.1) is 5.92 Å². The van der Waals surface area contributed by atoms with Crippen molar-refractivity contribution in [2.24, 2.45) is 5.92 Å². The van der Waals surface area contributed by atoms with Crippen LogP contribution in [0.4, 0.5) is 0 Å². The van der Waals surface area contributed by atoms with E-state index < -0.39 is 6.10 Å². The lowest BCUT2D eigenvalue weighted by atomic mass is 10.1. The zero-order chi connectivity index (χ0) is 14.1. The molecule has 0 aliphatic carbocycles. The van der Waals surface area contributed by atoms with Crippen molar-refractivity contribution in [3.8, 4) is 0 Å². The van der Waals surface area contributed by atoms with Crippen molar-refractivity contribution in [1.82, 2.24) is 4.90 Å². The van der Waals surface area contributed by atoms with E-state index in [0.29, 0.717) is 31.7 Å². The van der Waals surface area contributed by atoms with Crippen LogP contribution in [-0.4, -0.2) is 61.7 Å². The van der Waals surface area contributed by atoms with Crippen LogP contribution in [0.25, 0.3) is 0 Å². The highest BCUT2D eigenvalue weighted by molar-refractivity contribution is 4.69. The van der Waals surface area contributed by atoms with Crippen LogP contribution >= 0.6 is 0 Å². The summed E-state index contributed by atoms with van der Waals surface area (Å²) in [5.74, 6) is 0.605. The highest BCUT2D eigenvalue weighted by atomic mass is 16.5. The van der Waals surface area contributed by atoms with Gasteiger partial charge < -0.3 is 14.6 Å². The van der Waals surface area contributed by atoms with Crippen molar-refractivity contribution < 1.29 is 14.6 Å². The van der Waals surface area contributed by atoms with Crippen molar-refractivity contribution in [1.29, 1.82) is 0 Å². The standard InChI is InChI=1S/C14H31NO3/c1-11(2)7-15(12(3)4)8-14(16)10-18-13(5)9-17-6/h11-14,16H,7-10H2,1-6H3. The molecule has 4 heteroatoms. The molecule has 4 nitrogen and oxygen atoms in total. The minimum Gasteiger partial charge on any atom is -0.389 e. The molecule has 18 heavy (non-hydrogen) atoms. The first kappa shape index (κ1) is 17.8. The second kappa shape index (κ2) is 9.73. The Hall–Kier alpha value is -0.160. The summed E-state index contributed by atoms with van der Waals surface area (Å²) in [6, 6.07) is 0.443. The van der Waals surface area contributed by atoms with Crippen LogP contribution in [0.3, 0.4) is 0 Å². The van der Waals surface area contributed by atoms with Crippen LogP contribution < -0.4 is 0 Å². The van der Waals surface area contributed by atoms with E-state index in [2.05, 4.69) is 32.6 Å². The summed E-state index contributed by atoms with van der Waals surface area (Å²) in [5.41, 5.74) is 0. The second-order valence-corrected chi connectivity index (χ2v) is 5.69. The largest absolute Gasteiger partial charge is 0.389 e. The van der Waals surface area contributed by atoms with Crippen LogP contribution in [0.2, 0.25) is 0 Å². The predicted octanol–water partition coefficient (Wildman–Crippen LogP) is 1.77. The Labute approximate surface area is 112 Å². The van der Waals surface area contributed by atoms with E-state index in [1.807, 2.05) is 6.92 Å². The molecule has 0 bridgehead atoms. The predicted molar refractivity (Wildman–Crippen MR) is 74.8 cm³/mol. The van der Waals surface area contributed by atoms with E-state index in [1.165, 1.54) is 0 Å². The molecule has 1 N–H and O–H groups in total. The van der Waals surface area contributed by atoms with Gasteiger partial charge in [-0.3, -0.25) is 4.90 Å². The van der Waals surface area contributed by atoms with E-state index in [1.54, 1.807) is 7.11 Å². The summed E-state index contributed by atoms with van der Waals surface area (Å²) < 4.78 is 10.5. The molecule has 0 aliphatic heterocycles. The molecule has 0 saturated carbocycles. The quantitative estimate of drug-likeness (QED) is 0.651. The van der Waals surface area contributed by atoms with Gasteiger partial charge in [0.25, 0.3) is 0 Å². The first-order valence-corrected chi connectivity index (χ1v) is 6.89. The molecule has 110 valence electrons. The van der Waals surface area contributed by atoms with Gasteiger partial charge in [0.1, 0.15) is 0 Å². The highest BCUT2D eigenvalue weighted by Crippen LogP contribution is 2.06. The second-order valence-electron chi connectivity index (χ2n) is 5.69. The summed E-state index contributed by atoms with van der Waals surface area (Å²) >= 11 is 0. The SMILES string of the molecule is COCC(C)OCC(O)CN(CC(C)C)C(C)C. The fourth-order valence-corrected chi connectivity index (χ4v) is 1.85. The normalized spacial score (nSPS) is 15.7. The van der Waals surface area contributed by atoms with Gasteiger partial charge in [0.05, 0.1) is 25.4 Å². The summed E-state index contributed by atoms with van der Waals surface area (Å²) in [6.45, 7) is 13.2. The Bertz CT molecular complexity index is 197. The molecule has 2 atom stereocenters. The highest BCUT2D eigenvalue weighted by Gasteiger charge is 2.16. The number of aliphatic hydroxyl groups excluding tert-OH is 1. The Morgan fingerprint density at radius 3 is 2.06 bits per heavy atom. The number of methoxy groups -OCH3 is 1. The fourth-order valence-electron chi connectivity index (χ4n) is 1.85. The first-order chi connectivity index (χ1) is 8.36. The minimum absolute atomic E-state index is 0.0299. The summed E-state index contributed by atoms with van der Waals surface area (Å²) in [6.07, 6.45) is -0.410. The molecule has 0 heterocycles. The van der Waals surface area contributed by atoms with Gasteiger partial charge in [-0.25, -0.2) is 0 Å². The Morgan fingerprint density at radius 1 is 1.00 bits per heavy atom. The molecule has 0 amide bonds. The molecule has 0 aromatic carbocycles. The average molecular weight is 261 g/mol. The average Bonchev–Trinajstić information content (AvgIpc) is 2.25. The number of nitrogens with zero attached hydrogens (tertiary/aromatic N) is 1. The van der Waals surface area contributed by atoms with Crippen LogP contribution in [-0.2, 0) is 9.47 Å². The molecule has 0 saturated heterocycles. The zero-order valence-electron chi connectivity index (χ0n) is 12.8. The third kappa shape index (κ3) is 8.86. The summed E-state index contributed by atoms with van der Waals surface area (Å²) in [7, 11) is 1.65. The van der Waals surface area contributed by atoms with Crippen molar-refractivity contribution in [2.45, 2.75) is 52.9 Å². The number of rotatable bonds is 10. The van der Waals surface area contributed by atoms with Gasteiger partial charge in [-0.1, -0.05) is 13.8 Å². The van der Waals surface area contributed by atoms with E-state index in [4.69, 9.17) is 9.47 Å². The lowest BCUT2D eigenvalue weighted by Crippen LogP contribution is -2.41. The van der Waals surface area contributed by atoms with Crippen molar-refractivity contribution in [3.63, 3.8) is 0 Å². The number of aliphatic hydroxyl groups is 1. The lowest BCUT2D eigenvalue weighted by Gasteiger charge is -2.30. The van der Waals surface area contributed by atoms with E-state index in [0.717, 1.165) is 6.54 Å². The Balaban J connectivity index is 3.98. The van der Waals surface area contributed by atoms with Crippen molar-refractivity contribution in [3.05, 3.63) is 0 Å². The number of ether oxygens (including phenoxy) is 2. The smallest absolute Gasteiger partial charge is 0.0900 e. The van der Waals surface area contributed by atoms with Gasteiger partial charge >= 0.3 is 0 Å². The third-order valence-corrected chi connectivity index (χ3v) is 2.75. The van der Waals surface area contributed by atoms with Crippen LogP contribution in [0.5, 0.6) is 0 Å².